The normalized spacial score (nSPS) is 12.4. The number of hydrogen-bond donors (Lipinski definition) is 0. The molecule has 0 bridgehead atoms. The van der Waals surface area contributed by atoms with Crippen LogP contribution in [0.4, 0.5) is 0 Å². The van der Waals surface area contributed by atoms with Gasteiger partial charge in [0.2, 0.25) is 0 Å². The predicted molar refractivity (Wildman–Crippen MR) is 71.1 cm³/mol. The highest BCUT2D eigenvalue weighted by molar-refractivity contribution is 5.85. The number of hydrogen-bond acceptors (Lipinski definition) is 0. The zero-order valence-electron chi connectivity index (χ0n) is 11.2. The summed E-state index contributed by atoms with van der Waals surface area (Å²) >= 11 is 0. The van der Waals surface area contributed by atoms with E-state index in [-0.39, 0.29) is 5.41 Å². The number of benzene rings is 1. The zero-order chi connectivity index (χ0) is 12.1. The van der Waals surface area contributed by atoms with Gasteiger partial charge >= 0.3 is 0 Å². The minimum Gasteiger partial charge on any atom is -0.350 e. The minimum atomic E-state index is 0.223. The lowest BCUT2D eigenvalue weighted by Crippen LogP contribution is -2.13. The third-order valence-corrected chi connectivity index (χ3v) is 3.34. The summed E-state index contributed by atoms with van der Waals surface area (Å²) in [5.41, 5.74) is 5.77. The first kappa shape index (κ1) is 11.3. The van der Waals surface area contributed by atoms with Crippen molar-refractivity contribution in [3.05, 3.63) is 35.0 Å². The van der Waals surface area contributed by atoms with Crippen LogP contribution in [-0.4, -0.2) is 4.57 Å². The van der Waals surface area contributed by atoms with Gasteiger partial charge in [0.1, 0.15) is 0 Å². The molecule has 0 radical (unpaired) electrons. The number of nitrogens with zero attached hydrogens (tertiary/aromatic N) is 1. The molecule has 0 amide bonds. The lowest BCUT2D eigenvalue weighted by molar-refractivity contribution is 0.587. The van der Waals surface area contributed by atoms with Crippen LogP contribution in [0.5, 0.6) is 0 Å². The third-order valence-electron chi connectivity index (χ3n) is 3.34. The van der Waals surface area contributed by atoms with Gasteiger partial charge in [0.05, 0.1) is 0 Å². The highest BCUT2D eigenvalue weighted by atomic mass is 14.9. The first-order chi connectivity index (χ1) is 7.30. The van der Waals surface area contributed by atoms with Gasteiger partial charge in [-0.3, -0.25) is 0 Å². The first-order valence-electron chi connectivity index (χ1n) is 5.87. The molecule has 1 aromatic carbocycles. The maximum atomic E-state index is 2.36. The SMILES string of the molecule is Cc1cc2c(cc1C(C)(C)C)c(C)cn2C. The molecule has 0 spiro atoms. The molecule has 86 valence electrons. The van der Waals surface area contributed by atoms with Crippen LogP contribution in [0.25, 0.3) is 10.9 Å². The van der Waals surface area contributed by atoms with Gasteiger partial charge in [0.15, 0.2) is 0 Å². The summed E-state index contributed by atoms with van der Waals surface area (Å²) < 4.78 is 2.21. The molecule has 0 fully saturated rings. The van der Waals surface area contributed by atoms with Crippen LogP contribution < -0.4 is 0 Å². The van der Waals surface area contributed by atoms with Crippen LogP contribution in [0.15, 0.2) is 18.3 Å². The van der Waals surface area contributed by atoms with Crippen molar-refractivity contribution in [2.24, 2.45) is 7.05 Å². The van der Waals surface area contributed by atoms with Crippen molar-refractivity contribution in [1.29, 1.82) is 0 Å². The quantitative estimate of drug-likeness (QED) is 0.623. The molecular weight excluding hydrogens is 194 g/mol. The van der Waals surface area contributed by atoms with Gasteiger partial charge < -0.3 is 4.57 Å². The molecule has 2 aromatic rings. The Hall–Kier alpha value is -1.24. The Labute approximate surface area is 98.1 Å². The molecular formula is C15H21N. The molecule has 0 saturated carbocycles. The van der Waals surface area contributed by atoms with E-state index < -0.39 is 0 Å². The van der Waals surface area contributed by atoms with Crippen molar-refractivity contribution in [1.82, 2.24) is 4.57 Å². The molecule has 0 saturated heterocycles. The Kier molecular flexibility index (Phi) is 2.37. The van der Waals surface area contributed by atoms with Gasteiger partial charge in [0.25, 0.3) is 0 Å². The van der Waals surface area contributed by atoms with E-state index in [1.807, 2.05) is 0 Å². The molecule has 1 heteroatoms. The summed E-state index contributed by atoms with van der Waals surface area (Å²) in [6.45, 7) is 11.2. The summed E-state index contributed by atoms with van der Waals surface area (Å²) in [6, 6.07) is 4.67. The lowest BCUT2D eigenvalue weighted by atomic mass is 9.83. The van der Waals surface area contributed by atoms with Crippen LogP contribution in [-0.2, 0) is 12.5 Å². The van der Waals surface area contributed by atoms with E-state index in [1.165, 1.54) is 27.6 Å². The van der Waals surface area contributed by atoms with E-state index in [9.17, 15) is 0 Å². The van der Waals surface area contributed by atoms with Crippen LogP contribution in [0.3, 0.4) is 0 Å². The summed E-state index contributed by atoms with van der Waals surface area (Å²) in [7, 11) is 2.12. The highest BCUT2D eigenvalue weighted by Crippen LogP contribution is 2.31. The van der Waals surface area contributed by atoms with E-state index in [1.54, 1.807) is 0 Å². The number of aryl methyl sites for hydroxylation is 3. The van der Waals surface area contributed by atoms with Crippen molar-refractivity contribution in [2.45, 2.75) is 40.0 Å². The first-order valence-corrected chi connectivity index (χ1v) is 5.87. The van der Waals surface area contributed by atoms with Gasteiger partial charge in [0, 0.05) is 24.1 Å². The van der Waals surface area contributed by atoms with Crippen LogP contribution in [0.2, 0.25) is 0 Å². The Morgan fingerprint density at radius 3 is 2.19 bits per heavy atom. The second kappa shape index (κ2) is 3.38. The largest absolute Gasteiger partial charge is 0.350 e. The van der Waals surface area contributed by atoms with Gasteiger partial charge in [-0.1, -0.05) is 20.8 Å². The Balaban J connectivity index is 2.81. The summed E-state index contributed by atoms with van der Waals surface area (Å²) in [6.07, 6.45) is 2.20. The van der Waals surface area contributed by atoms with E-state index in [0.717, 1.165) is 0 Å². The summed E-state index contributed by atoms with van der Waals surface area (Å²) in [5.74, 6) is 0. The number of rotatable bonds is 0. The van der Waals surface area contributed by atoms with Gasteiger partial charge in [-0.05, 0) is 48.1 Å². The molecule has 0 unspecified atom stereocenters. The van der Waals surface area contributed by atoms with Gasteiger partial charge in [-0.2, -0.15) is 0 Å². The smallest absolute Gasteiger partial charge is 0.0483 e. The second-order valence-corrected chi connectivity index (χ2v) is 5.86. The lowest BCUT2D eigenvalue weighted by Gasteiger charge is -2.22. The molecule has 2 rings (SSSR count). The molecule has 16 heavy (non-hydrogen) atoms. The van der Waals surface area contributed by atoms with Crippen LogP contribution in [0.1, 0.15) is 37.5 Å². The Morgan fingerprint density at radius 2 is 1.62 bits per heavy atom. The molecule has 0 aliphatic carbocycles. The fraction of sp³-hybridized carbons (Fsp3) is 0.467. The average molecular weight is 215 g/mol. The van der Waals surface area contributed by atoms with E-state index in [4.69, 9.17) is 0 Å². The van der Waals surface area contributed by atoms with Crippen LogP contribution in [0, 0.1) is 13.8 Å². The molecule has 1 aromatic heterocycles. The van der Waals surface area contributed by atoms with Crippen molar-refractivity contribution >= 4 is 10.9 Å². The second-order valence-electron chi connectivity index (χ2n) is 5.86. The monoisotopic (exact) mass is 215 g/mol. The molecule has 0 aliphatic heterocycles. The van der Waals surface area contributed by atoms with Gasteiger partial charge in [-0.15, -0.1) is 0 Å². The van der Waals surface area contributed by atoms with Crippen LogP contribution >= 0.6 is 0 Å². The number of fused-ring (bicyclic) bond motifs is 1. The van der Waals surface area contributed by atoms with E-state index in [2.05, 4.69) is 64.6 Å². The molecule has 0 aliphatic rings. The molecule has 1 heterocycles. The topological polar surface area (TPSA) is 4.93 Å². The Bertz CT molecular complexity index is 539. The maximum absolute atomic E-state index is 2.36. The third kappa shape index (κ3) is 1.64. The Morgan fingerprint density at radius 1 is 1.00 bits per heavy atom. The van der Waals surface area contributed by atoms with Crippen molar-refractivity contribution in [2.75, 3.05) is 0 Å². The number of aromatic nitrogens is 1. The zero-order valence-corrected chi connectivity index (χ0v) is 11.2. The molecule has 0 atom stereocenters. The maximum Gasteiger partial charge on any atom is 0.0483 e. The molecule has 0 N–H and O–H groups in total. The fourth-order valence-electron chi connectivity index (χ4n) is 2.54. The van der Waals surface area contributed by atoms with Crippen molar-refractivity contribution in [3.63, 3.8) is 0 Å². The summed E-state index contributed by atoms with van der Waals surface area (Å²) in [4.78, 5) is 0. The van der Waals surface area contributed by atoms with Gasteiger partial charge in [-0.25, -0.2) is 0 Å². The summed E-state index contributed by atoms with van der Waals surface area (Å²) in [5, 5.41) is 1.39. The average Bonchev–Trinajstić information content (AvgIpc) is 2.39. The van der Waals surface area contributed by atoms with E-state index >= 15 is 0 Å². The molecule has 1 nitrogen and oxygen atoms in total. The minimum absolute atomic E-state index is 0.223. The van der Waals surface area contributed by atoms with Crippen molar-refractivity contribution < 1.29 is 0 Å². The standard InChI is InChI=1S/C15H21N/c1-10-7-14-12(11(2)9-16(14)6)8-13(10)15(3,4)5/h7-9H,1-6H3. The highest BCUT2D eigenvalue weighted by Gasteiger charge is 2.18. The van der Waals surface area contributed by atoms with E-state index in [0.29, 0.717) is 0 Å². The fourth-order valence-corrected chi connectivity index (χ4v) is 2.54. The van der Waals surface area contributed by atoms with Crippen molar-refractivity contribution in [3.8, 4) is 0 Å². The predicted octanol–water partition coefficient (Wildman–Crippen LogP) is 4.09.